The van der Waals surface area contributed by atoms with E-state index in [0.29, 0.717) is 36.1 Å². The number of nitro benzene ring substituents is 1. The van der Waals surface area contributed by atoms with Gasteiger partial charge in [0.15, 0.2) is 5.13 Å². The second-order valence-electron chi connectivity index (χ2n) is 6.93. The van der Waals surface area contributed by atoms with Crippen LogP contribution in [0.1, 0.15) is 37.0 Å². The topological polar surface area (TPSA) is 123 Å². The average Bonchev–Trinajstić information content (AvgIpc) is 3.15. The largest absolute Gasteiger partial charge is 0.298 e. The van der Waals surface area contributed by atoms with Crippen LogP contribution >= 0.6 is 22.9 Å². The molecule has 3 aromatic rings. The lowest BCUT2D eigenvalue weighted by Gasteiger charge is -2.20. The number of benzene rings is 2. The van der Waals surface area contributed by atoms with Gasteiger partial charge in [-0.25, -0.2) is 13.4 Å². The van der Waals surface area contributed by atoms with Gasteiger partial charge in [-0.3, -0.25) is 20.2 Å². The zero-order chi connectivity index (χ0) is 23.5. The summed E-state index contributed by atoms with van der Waals surface area (Å²) >= 11 is 7.12. The second kappa shape index (κ2) is 9.90. The van der Waals surface area contributed by atoms with Crippen molar-refractivity contribution < 1.29 is 18.1 Å². The molecule has 0 unspecified atom stereocenters. The van der Waals surface area contributed by atoms with Crippen LogP contribution in [0.5, 0.6) is 0 Å². The zero-order valence-corrected chi connectivity index (χ0v) is 19.8. The third kappa shape index (κ3) is 5.07. The first kappa shape index (κ1) is 24.1. The minimum absolute atomic E-state index is 0.0573. The summed E-state index contributed by atoms with van der Waals surface area (Å²) in [6.45, 7) is 4.71. The summed E-state index contributed by atoms with van der Waals surface area (Å²) in [5.41, 5.74) is 0.201. The van der Waals surface area contributed by atoms with Gasteiger partial charge in [0.1, 0.15) is 0 Å². The molecule has 0 fully saturated rings. The monoisotopic (exact) mass is 496 g/mol. The molecule has 2 aromatic carbocycles. The fourth-order valence-electron chi connectivity index (χ4n) is 3.08. The third-order valence-electron chi connectivity index (χ3n) is 4.57. The molecule has 1 amide bonds. The van der Waals surface area contributed by atoms with E-state index in [0.717, 1.165) is 17.4 Å². The number of aromatic nitrogens is 1. The Labute approximate surface area is 194 Å². The van der Waals surface area contributed by atoms with Crippen molar-refractivity contribution in [2.75, 3.05) is 18.4 Å². The summed E-state index contributed by atoms with van der Waals surface area (Å²) in [4.78, 5) is 27.4. The molecule has 0 aliphatic carbocycles. The summed E-state index contributed by atoms with van der Waals surface area (Å²) in [6, 6.07) is 8.20. The van der Waals surface area contributed by atoms with Crippen LogP contribution in [0.15, 0.2) is 41.3 Å². The molecule has 0 saturated heterocycles. The maximum absolute atomic E-state index is 13.0. The quantitative estimate of drug-likeness (QED) is 0.331. The van der Waals surface area contributed by atoms with Crippen molar-refractivity contribution in [1.29, 1.82) is 0 Å². The number of thiazole rings is 1. The minimum atomic E-state index is -3.65. The molecule has 0 atom stereocenters. The van der Waals surface area contributed by atoms with E-state index >= 15 is 0 Å². The number of hydrogen-bond donors (Lipinski definition) is 1. The lowest BCUT2D eigenvalue weighted by atomic mass is 10.2. The van der Waals surface area contributed by atoms with Gasteiger partial charge in [-0.05, 0) is 37.1 Å². The molecule has 1 heterocycles. The van der Waals surface area contributed by atoms with E-state index in [1.54, 1.807) is 6.07 Å². The fraction of sp³-hybridized carbons (Fsp3) is 0.300. The number of hydrogen-bond acceptors (Lipinski definition) is 7. The number of fused-ring (bicyclic) bond motifs is 1. The molecule has 1 N–H and O–H groups in total. The van der Waals surface area contributed by atoms with E-state index in [1.165, 1.54) is 28.6 Å². The van der Waals surface area contributed by atoms with Crippen molar-refractivity contribution in [3.8, 4) is 0 Å². The number of nitrogens with zero attached hydrogens (tertiary/aromatic N) is 3. The Balaban J connectivity index is 1.89. The number of anilines is 1. The standard InChI is InChI=1S/C20H21ClN4O5S2/c1-3-9-24(10-4-2)32(29,30)14-6-8-17-18(12-14)31-20(22-17)23-19(26)15-11-13(25(27)28)5-7-16(15)21/h5-8,11-12H,3-4,9-10H2,1-2H3,(H,22,23,26). The van der Waals surface area contributed by atoms with Crippen molar-refractivity contribution in [2.45, 2.75) is 31.6 Å². The van der Waals surface area contributed by atoms with E-state index < -0.39 is 20.9 Å². The van der Waals surface area contributed by atoms with E-state index in [9.17, 15) is 23.3 Å². The third-order valence-corrected chi connectivity index (χ3v) is 7.73. The zero-order valence-electron chi connectivity index (χ0n) is 17.4. The van der Waals surface area contributed by atoms with Crippen molar-refractivity contribution in [3.63, 3.8) is 0 Å². The lowest BCUT2D eigenvalue weighted by molar-refractivity contribution is -0.384. The molecule has 12 heteroatoms. The Morgan fingerprint density at radius 2 is 1.88 bits per heavy atom. The smallest absolute Gasteiger partial charge is 0.270 e. The molecule has 9 nitrogen and oxygen atoms in total. The maximum Gasteiger partial charge on any atom is 0.270 e. The Kier molecular flexibility index (Phi) is 7.44. The van der Waals surface area contributed by atoms with Gasteiger partial charge in [0.2, 0.25) is 10.0 Å². The fourth-order valence-corrected chi connectivity index (χ4v) is 5.91. The molecule has 0 aliphatic heterocycles. The Bertz CT molecular complexity index is 1270. The minimum Gasteiger partial charge on any atom is -0.298 e. The summed E-state index contributed by atoms with van der Waals surface area (Å²) in [5, 5.41) is 13.8. The highest BCUT2D eigenvalue weighted by atomic mass is 35.5. The maximum atomic E-state index is 13.0. The number of carbonyl (C=O) groups excluding carboxylic acids is 1. The van der Waals surface area contributed by atoms with Crippen LogP contribution in [0, 0.1) is 10.1 Å². The number of sulfonamides is 1. The summed E-state index contributed by atoms with van der Waals surface area (Å²) < 4.78 is 28.1. The van der Waals surface area contributed by atoms with Crippen molar-refractivity contribution in [2.24, 2.45) is 0 Å². The van der Waals surface area contributed by atoms with Crippen LogP contribution in [-0.4, -0.2) is 41.6 Å². The van der Waals surface area contributed by atoms with Gasteiger partial charge in [0.05, 0.1) is 30.6 Å². The molecular weight excluding hydrogens is 476 g/mol. The van der Waals surface area contributed by atoms with Gasteiger partial charge in [-0.2, -0.15) is 4.31 Å². The van der Waals surface area contributed by atoms with Crippen LogP contribution in [0.4, 0.5) is 10.8 Å². The van der Waals surface area contributed by atoms with Gasteiger partial charge in [0.25, 0.3) is 11.6 Å². The van der Waals surface area contributed by atoms with Gasteiger partial charge in [-0.1, -0.05) is 36.8 Å². The van der Waals surface area contributed by atoms with Gasteiger partial charge >= 0.3 is 0 Å². The van der Waals surface area contributed by atoms with Crippen LogP contribution in [0.25, 0.3) is 10.2 Å². The van der Waals surface area contributed by atoms with E-state index in [-0.39, 0.29) is 26.3 Å². The predicted octanol–water partition coefficient (Wildman–Crippen LogP) is 4.92. The number of nitro groups is 1. The molecular formula is C20H21ClN4O5S2. The number of amides is 1. The first-order valence-electron chi connectivity index (χ1n) is 9.83. The molecule has 170 valence electrons. The Morgan fingerprint density at radius 1 is 1.19 bits per heavy atom. The molecule has 32 heavy (non-hydrogen) atoms. The van der Waals surface area contributed by atoms with E-state index in [4.69, 9.17) is 11.6 Å². The SMILES string of the molecule is CCCN(CCC)S(=O)(=O)c1ccc2nc(NC(=O)c3cc([N+](=O)[O-])ccc3Cl)sc2c1. The van der Waals surface area contributed by atoms with Crippen LogP contribution in [0.3, 0.4) is 0 Å². The summed E-state index contributed by atoms with van der Waals surface area (Å²) in [5.74, 6) is -0.650. The van der Waals surface area contributed by atoms with Crippen LogP contribution < -0.4 is 5.32 Å². The molecule has 0 saturated carbocycles. The number of rotatable bonds is 9. The first-order chi connectivity index (χ1) is 15.2. The molecule has 3 rings (SSSR count). The van der Waals surface area contributed by atoms with Crippen molar-refractivity contribution >= 4 is 59.9 Å². The van der Waals surface area contributed by atoms with Gasteiger partial charge in [-0.15, -0.1) is 0 Å². The number of halogens is 1. The van der Waals surface area contributed by atoms with Gasteiger partial charge in [0, 0.05) is 25.2 Å². The molecule has 0 bridgehead atoms. The molecule has 0 spiro atoms. The molecule has 0 radical (unpaired) electrons. The second-order valence-corrected chi connectivity index (χ2v) is 10.3. The Hall–Kier alpha value is -2.60. The summed E-state index contributed by atoms with van der Waals surface area (Å²) in [6.07, 6.45) is 1.41. The van der Waals surface area contributed by atoms with Crippen molar-refractivity contribution in [1.82, 2.24) is 9.29 Å². The number of non-ortho nitro benzene ring substituents is 1. The van der Waals surface area contributed by atoms with Crippen molar-refractivity contribution in [3.05, 3.63) is 57.1 Å². The number of carbonyl (C=O) groups is 1. The highest BCUT2D eigenvalue weighted by Gasteiger charge is 2.24. The normalized spacial score (nSPS) is 11.8. The van der Waals surface area contributed by atoms with E-state index in [1.807, 2.05) is 13.8 Å². The highest BCUT2D eigenvalue weighted by Crippen LogP contribution is 2.30. The number of nitrogens with one attached hydrogen (secondary N) is 1. The summed E-state index contributed by atoms with van der Waals surface area (Å²) in [7, 11) is -3.65. The Morgan fingerprint density at radius 3 is 2.50 bits per heavy atom. The average molecular weight is 497 g/mol. The van der Waals surface area contributed by atoms with Gasteiger partial charge < -0.3 is 0 Å². The van der Waals surface area contributed by atoms with Crippen LogP contribution in [-0.2, 0) is 10.0 Å². The highest BCUT2D eigenvalue weighted by molar-refractivity contribution is 7.89. The van der Waals surface area contributed by atoms with Crippen LogP contribution in [0.2, 0.25) is 5.02 Å². The molecule has 1 aromatic heterocycles. The lowest BCUT2D eigenvalue weighted by Crippen LogP contribution is -2.32. The predicted molar refractivity (Wildman–Crippen MR) is 125 cm³/mol. The first-order valence-corrected chi connectivity index (χ1v) is 12.5. The molecule has 0 aliphatic rings. The van der Waals surface area contributed by atoms with E-state index in [2.05, 4.69) is 10.3 Å².